The van der Waals surface area contributed by atoms with Gasteiger partial charge in [-0.05, 0) is 38.3 Å². The third kappa shape index (κ3) is 4.60. The van der Waals surface area contributed by atoms with Gasteiger partial charge in [0.1, 0.15) is 5.82 Å². The zero-order valence-corrected chi connectivity index (χ0v) is 15.2. The van der Waals surface area contributed by atoms with E-state index in [0.29, 0.717) is 11.2 Å². The van der Waals surface area contributed by atoms with Gasteiger partial charge in [-0.1, -0.05) is 13.8 Å². The van der Waals surface area contributed by atoms with Crippen molar-refractivity contribution in [1.29, 1.82) is 0 Å². The van der Waals surface area contributed by atoms with Crippen LogP contribution >= 0.6 is 23.5 Å². The Kier molecular flexibility index (Phi) is 6.83. The van der Waals surface area contributed by atoms with Crippen LogP contribution in [-0.4, -0.2) is 40.3 Å². The monoisotopic (exact) mass is 325 g/mol. The summed E-state index contributed by atoms with van der Waals surface area (Å²) >= 11 is 4.03. The van der Waals surface area contributed by atoms with E-state index < -0.39 is 0 Å². The minimum atomic E-state index is 0.471. The fraction of sp³-hybridized carbons (Fsp3) is 0.750. The summed E-state index contributed by atoms with van der Waals surface area (Å²) in [5.74, 6) is 5.14. The van der Waals surface area contributed by atoms with Crippen LogP contribution < -0.4 is 5.32 Å². The number of rotatable bonds is 6. The van der Waals surface area contributed by atoms with Crippen LogP contribution in [0.25, 0.3) is 0 Å². The molecule has 2 rings (SSSR count). The third-order valence-corrected chi connectivity index (χ3v) is 6.57. The highest BCUT2D eigenvalue weighted by molar-refractivity contribution is 8.06. The predicted octanol–water partition coefficient (Wildman–Crippen LogP) is 3.72. The minimum Gasteiger partial charge on any atom is -0.316 e. The molecule has 0 saturated carbocycles. The molecule has 1 aliphatic rings. The number of aromatic nitrogens is 2. The first kappa shape index (κ1) is 17.1. The predicted molar refractivity (Wildman–Crippen MR) is 95.6 cm³/mol. The van der Waals surface area contributed by atoms with Gasteiger partial charge in [0.05, 0.1) is 5.25 Å². The molecule has 5 heteroatoms. The first-order valence-electron chi connectivity index (χ1n) is 7.88. The lowest BCUT2D eigenvalue weighted by atomic mass is 9.98. The van der Waals surface area contributed by atoms with Gasteiger partial charge in [0.25, 0.3) is 0 Å². The van der Waals surface area contributed by atoms with Gasteiger partial charge in [0.15, 0.2) is 0 Å². The SMILES string of the molecule is CCCNCC(C)c1c(C)nc(C2CSCCS2)nc1C. The molecule has 2 atom stereocenters. The molecule has 0 aromatic carbocycles. The van der Waals surface area contributed by atoms with E-state index >= 15 is 0 Å². The molecule has 1 fully saturated rings. The van der Waals surface area contributed by atoms with Crippen molar-refractivity contribution in [2.45, 2.75) is 45.3 Å². The van der Waals surface area contributed by atoms with Gasteiger partial charge in [0, 0.05) is 35.2 Å². The van der Waals surface area contributed by atoms with Crippen molar-refractivity contribution in [1.82, 2.24) is 15.3 Å². The maximum atomic E-state index is 4.83. The van der Waals surface area contributed by atoms with Crippen molar-refractivity contribution in [2.75, 3.05) is 30.3 Å². The van der Waals surface area contributed by atoms with Crippen LogP contribution in [0.1, 0.15) is 54.2 Å². The van der Waals surface area contributed by atoms with E-state index in [1.165, 1.54) is 34.9 Å². The number of hydrogen-bond donors (Lipinski definition) is 1. The number of nitrogens with one attached hydrogen (secondary N) is 1. The average Bonchev–Trinajstić information content (AvgIpc) is 2.47. The molecule has 1 aliphatic heterocycles. The smallest absolute Gasteiger partial charge is 0.142 e. The van der Waals surface area contributed by atoms with Gasteiger partial charge < -0.3 is 5.32 Å². The molecule has 0 radical (unpaired) electrons. The minimum absolute atomic E-state index is 0.471. The molecule has 1 N–H and O–H groups in total. The standard InChI is InChI=1S/C16H27N3S2/c1-5-6-17-9-11(2)15-12(3)18-16(19-13(15)4)14-10-20-7-8-21-14/h11,14,17H,5-10H2,1-4H3. The zero-order chi connectivity index (χ0) is 15.2. The van der Waals surface area contributed by atoms with Crippen molar-refractivity contribution in [3.8, 4) is 0 Å². The third-order valence-electron chi connectivity index (χ3n) is 3.82. The van der Waals surface area contributed by atoms with E-state index in [0.717, 1.165) is 24.7 Å². The maximum absolute atomic E-state index is 4.83. The van der Waals surface area contributed by atoms with Gasteiger partial charge in [0.2, 0.25) is 0 Å². The Morgan fingerprint density at radius 2 is 1.95 bits per heavy atom. The van der Waals surface area contributed by atoms with Gasteiger partial charge in [-0.3, -0.25) is 0 Å². The fourth-order valence-corrected chi connectivity index (χ4v) is 5.44. The lowest BCUT2D eigenvalue weighted by molar-refractivity contribution is 0.599. The largest absolute Gasteiger partial charge is 0.316 e. The van der Waals surface area contributed by atoms with Crippen molar-refractivity contribution in [2.24, 2.45) is 0 Å². The normalized spacial score (nSPS) is 20.5. The van der Waals surface area contributed by atoms with E-state index in [4.69, 9.17) is 9.97 Å². The summed E-state index contributed by atoms with van der Waals surface area (Å²) in [5, 5.41) is 3.98. The van der Waals surface area contributed by atoms with Gasteiger partial charge in [-0.2, -0.15) is 11.8 Å². The molecular formula is C16H27N3S2. The Balaban J connectivity index is 2.12. The summed E-state index contributed by atoms with van der Waals surface area (Å²) in [5.41, 5.74) is 3.66. The van der Waals surface area contributed by atoms with E-state index in [2.05, 4.69) is 33.0 Å². The highest BCUT2D eigenvalue weighted by atomic mass is 32.2. The summed E-state index contributed by atoms with van der Waals surface area (Å²) < 4.78 is 0. The van der Waals surface area contributed by atoms with Crippen LogP contribution in [0.15, 0.2) is 0 Å². The molecule has 1 saturated heterocycles. The maximum Gasteiger partial charge on any atom is 0.142 e. The van der Waals surface area contributed by atoms with Crippen LogP contribution in [0.5, 0.6) is 0 Å². The molecule has 0 amide bonds. The zero-order valence-electron chi connectivity index (χ0n) is 13.6. The van der Waals surface area contributed by atoms with E-state index in [1.807, 2.05) is 23.5 Å². The Hall–Kier alpha value is -0.260. The summed E-state index contributed by atoms with van der Waals surface area (Å²) in [6.07, 6.45) is 1.18. The molecule has 0 spiro atoms. The molecule has 2 heterocycles. The molecule has 3 nitrogen and oxygen atoms in total. The summed E-state index contributed by atoms with van der Waals surface area (Å²) in [6.45, 7) is 10.8. The van der Waals surface area contributed by atoms with Crippen LogP contribution in [-0.2, 0) is 0 Å². The second-order valence-corrected chi connectivity index (χ2v) is 8.17. The molecule has 0 bridgehead atoms. The van der Waals surface area contributed by atoms with Crippen LogP contribution in [0, 0.1) is 13.8 Å². The first-order chi connectivity index (χ1) is 10.1. The van der Waals surface area contributed by atoms with E-state index in [-0.39, 0.29) is 0 Å². The second-order valence-electron chi connectivity index (χ2n) is 5.71. The molecule has 1 aromatic heterocycles. The molecule has 21 heavy (non-hydrogen) atoms. The van der Waals surface area contributed by atoms with Crippen molar-refractivity contribution < 1.29 is 0 Å². The molecule has 118 valence electrons. The highest BCUT2D eigenvalue weighted by Crippen LogP contribution is 2.36. The number of thioether (sulfide) groups is 2. The van der Waals surface area contributed by atoms with Gasteiger partial charge >= 0.3 is 0 Å². The van der Waals surface area contributed by atoms with Crippen molar-refractivity contribution in [3.63, 3.8) is 0 Å². The Morgan fingerprint density at radius 3 is 2.52 bits per heavy atom. The Labute approximate surface area is 137 Å². The lowest BCUT2D eigenvalue weighted by Gasteiger charge is -2.23. The van der Waals surface area contributed by atoms with Crippen LogP contribution in [0.3, 0.4) is 0 Å². The van der Waals surface area contributed by atoms with Crippen LogP contribution in [0.4, 0.5) is 0 Å². The second kappa shape index (κ2) is 8.39. The topological polar surface area (TPSA) is 37.8 Å². The van der Waals surface area contributed by atoms with Gasteiger partial charge in [-0.25, -0.2) is 9.97 Å². The number of nitrogens with zero attached hydrogens (tertiary/aromatic N) is 2. The van der Waals surface area contributed by atoms with E-state index in [1.54, 1.807) is 0 Å². The average molecular weight is 326 g/mol. The molecular weight excluding hydrogens is 298 g/mol. The van der Waals surface area contributed by atoms with Crippen molar-refractivity contribution in [3.05, 3.63) is 22.8 Å². The Morgan fingerprint density at radius 1 is 1.24 bits per heavy atom. The first-order valence-corrected chi connectivity index (χ1v) is 10.1. The summed E-state index contributed by atoms with van der Waals surface area (Å²) in [6, 6.07) is 0. The Bertz CT molecular complexity index is 436. The summed E-state index contributed by atoms with van der Waals surface area (Å²) in [4.78, 5) is 9.67. The van der Waals surface area contributed by atoms with Crippen molar-refractivity contribution >= 4 is 23.5 Å². The lowest BCUT2D eigenvalue weighted by Crippen LogP contribution is -2.23. The molecule has 0 aliphatic carbocycles. The number of aryl methyl sites for hydroxylation is 2. The molecule has 2 unspecified atom stereocenters. The van der Waals surface area contributed by atoms with Crippen LogP contribution in [0.2, 0.25) is 0 Å². The molecule has 1 aromatic rings. The van der Waals surface area contributed by atoms with Gasteiger partial charge in [-0.15, -0.1) is 11.8 Å². The number of hydrogen-bond acceptors (Lipinski definition) is 5. The van der Waals surface area contributed by atoms with E-state index in [9.17, 15) is 0 Å². The quantitative estimate of drug-likeness (QED) is 0.807. The highest BCUT2D eigenvalue weighted by Gasteiger charge is 2.22. The fourth-order valence-electron chi connectivity index (χ4n) is 2.84. The summed E-state index contributed by atoms with van der Waals surface area (Å²) in [7, 11) is 0.